The van der Waals surface area contributed by atoms with Crippen LogP contribution in [0.4, 0.5) is 5.69 Å². The number of anilines is 1. The summed E-state index contributed by atoms with van der Waals surface area (Å²) in [6.07, 6.45) is 0. The summed E-state index contributed by atoms with van der Waals surface area (Å²) in [5.74, 6) is 0. The fourth-order valence-corrected chi connectivity index (χ4v) is 2.15. The zero-order valence-corrected chi connectivity index (χ0v) is 9.78. The van der Waals surface area contributed by atoms with Gasteiger partial charge in [-0.2, -0.15) is 0 Å². The summed E-state index contributed by atoms with van der Waals surface area (Å²) in [5, 5.41) is 3.47. The van der Waals surface area contributed by atoms with E-state index >= 15 is 0 Å². The molecule has 1 nitrogen and oxygen atoms in total. The van der Waals surface area contributed by atoms with Crippen LogP contribution in [0.1, 0.15) is 0 Å². The van der Waals surface area contributed by atoms with Crippen LogP contribution < -0.4 is 5.09 Å². The molecule has 0 saturated heterocycles. The molecule has 0 radical (unpaired) electrons. The van der Waals surface area contributed by atoms with E-state index in [1.807, 2.05) is 0 Å². The van der Waals surface area contributed by atoms with Crippen LogP contribution in [0, 0.1) is 0 Å². The summed E-state index contributed by atoms with van der Waals surface area (Å²) >= 11 is 21.8. The van der Waals surface area contributed by atoms with Crippen molar-refractivity contribution in [1.29, 1.82) is 0 Å². The lowest BCUT2D eigenvalue weighted by Crippen LogP contribution is -1.84. The Bertz CT molecular complexity index is 307. The molecule has 0 aliphatic carbocycles. The van der Waals surface area contributed by atoms with Gasteiger partial charge in [0.25, 0.3) is 0 Å². The van der Waals surface area contributed by atoms with Gasteiger partial charge in [-0.15, -0.1) is 0 Å². The maximum Gasteiger partial charge on any atom is 0.204 e. The molecular formula is C6H5Cl3NPS. The van der Waals surface area contributed by atoms with E-state index in [9.17, 15) is 0 Å². The Morgan fingerprint density at radius 2 is 1.67 bits per heavy atom. The molecule has 0 saturated carbocycles. The lowest BCUT2D eigenvalue weighted by Gasteiger charge is -2.08. The molecule has 1 N–H and O–H groups in total. The lowest BCUT2D eigenvalue weighted by molar-refractivity contribution is 1.68. The molecule has 12 heavy (non-hydrogen) atoms. The number of rotatable bonds is 2. The predicted octanol–water partition coefficient (Wildman–Crippen LogP) is 4.45. The van der Waals surface area contributed by atoms with E-state index < -0.39 is 4.89 Å². The van der Waals surface area contributed by atoms with Crippen molar-refractivity contribution in [2.75, 3.05) is 5.09 Å². The number of hydrogen-bond donors (Lipinski definition) is 1. The van der Waals surface area contributed by atoms with Gasteiger partial charge in [-0.1, -0.05) is 11.6 Å². The topological polar surface area (TPSA) is 12.0 Å². The Labute approximate surface area is 90.7 Å². The van der Waals surface area contributed by atoms with Gasteiger partial charge in [0, 0.05) is 10.7 Å². The van der Waals surface area contributed by atoms with Gasteiger partial charge in [-0.05, 0) is 58.6 Å². The SMILES string of the molecule is S=P(Cl)(Cl)Nc1ccc(Cl)cc1. The van der Waals surface area contributed by atoms with Crippen LogP contribution in [0.5, 0.6) is 0 Å². The molecule has 0 amide bonds. The van der Waals surface area contributed by atoms with Gasteiger partial charge in [0.15, 0.2) is 0 Å². The fourth-order valence-electron chi connectivity index (χ4n) is 0.675. The van der Waals surface area contributed by atoms with E-state index in [2.05, 4.69) is 5.09 Å². The van der Waals surface area contributed by atoms with Crippen LogP contribution in [-0.4, -0.2) is 0 Å². The van der Waals surface area contributed by atoms with Gasteiger partial charge < -0.3 is 5.09 Å². The Hall–Kier alpha value is 0.540. The van der Waals surface area contributed by atoms with E-state index in [0.29, 0.717) is 5.02 Å². The van der Waals surface area contributed by atoms with Crippen molar-refractivity contribution in [3.63, 3.8) is 0 Å². The minimum Gasteiger partial charge on any atom is -0.335 e. The van der Waals surface area contributed by atoms with Gasteiger partial charge >= 0.3 is 0 Å². The van der Waals surface area contributed by atoms with E-state index in [4.69, 9.17) is 45.9 Å². The molecule has 0 atom stereocenters. The van der Waals surface area contributed by atoms with Crippen LogP contribution in [-0.2, 0) is 11.8 Å². The lowest BCUT2D eigenvalue weighted by atomic mass is 10.3. The summed E-state index contributed by atoms with van der Waals surface area (Å²) in [7, 11) is 0. The minimum absolute atomic E-state index is 0.665. The van der Waals surface area contributed by atoms with E-state index in [-0.39, 0.29) is 0 Å². The van der Waals surface area contributed by atoms with Crippen molar-refractivity contribution in [1.82, 2.24) is 0 Å². The van der Waals surface area contributed by atoms with Crippen LogP contribution in [0.25, 0.3) is 0 Å². The summed E-state index contributed by atoms with van der Waals surface area (Å²) in [6.45, 7) is 0. The largest absolute Gasteiger partial charge is 0.335 e. The average Bonchev–Trinajstić information content (AvgIpc) is 1.91. The zero-order chi connectivity index (χ0) is 9.19. The minimum atomic E-state index is -2.42. The highest BCUT2D eigenvalue weighted by Crippen LogP contribution is 2.56. The third-order valence-electron chi connectivity index (χ3n) is 1.10. The number of benzene rings is 1. The van der Waals surface area contributed by atoms with Crippen molar-refractivity contribution in [3.05, 3.63) is 29.3 Å². The Morgan fingerprint density at radius 3 is 2.08 bits per heavy atom. The Kier molecular flexibility index (Phi) is 3.69. The maximum atomic E-state index is 5.67. The number of hydrogen-bond acceptors (Lipinski definition) is 1. The monoisotopic (exact) mass is 259 g/mol. The van der Waals surface area contributed by atoms with Gasteiger partial charge in [-0.3, -0.25) is 0 Å². The van der Waals surface area contributed by atoms with Crippen molar-refractivity contribution >= 4 is 56.5 Å². The molecule has 1 aromatic carbocycles. The number of halogens is 3. The first-order valence-electron chi connectivity index (χ1n) is 3.00. The quantitative estimate of drug-likeness (QED) is 0.788. The van der Waals surface area contributed by atoms with Gasteiger partial charge in [0.1, 0.15) is 0 Å². The molecule has 0 spiro atoms. The molecule has 6 heteroatoms. The molecule has 66 valence electrons. The molecule has 0 heterocycles. The molecule has 0 fully saturated rings. The van der Waals surface area contributed by atoms with Crippen molar-refractivity contribution < 1.29 is 0 Å². The van der Waals surface area contributed by atoms with Gasteiger partial charge in [0.2, 0.25) is 4.89 Å². The second-order valence-corrected chi connectivity index (χ2v) is 10.1. The van der Waals surface area contributed by atoms with Crippen molar-refractivity contribution in [2.45, 2.75) is 0 Å². The van der Waals surface area contributed by atoms with Crippen LogP contribution in [0.2, 0.25) is 5.02 Å². The number of nitrogens with one attached hydrogen (secondary N) is 1. The van der Waals surface area contributed by atoms with Crippen LogP contribution in [0.3, 0.4) is 0 Å². The average molecular weight is 261 g/mol. The third kappa shape index (κ3) is 3.97. The Balaban J connectivity index is 2.78. The van der Waals surface area contributed by atoms with Gasteiger partial charge in [-0.25, -0.2) is 0 Å². The highest BCUT2D eigenvalue weighted by molar-refractivity contribution is 8.39. The van der Waals surface area contributed by atoms with E-state index in [0.717, 1.165) is 5.69 Å². The first-order chi connectivity index (χ1) is 5.47. The first-order valence-corrected chi connectivity index (χ1v) is 7.99. The molecule has 0 bridgehead atoms. The summed E-state index contributed by atoms with van der Waals surface area (Å²) < 4.78 is 0. The maximum absolute atomic E-state index is 5.67. The second-order valence-electron chi connectivity index (χ2n) is 2.08. The summed E-state index contributed by atoms with van der Waals surface area (Å²) in [5.41, 5.74) is 0.785. The molecular weight excluding hydrogens is 255 g/mol. The highest BCUT2D eigenvalue weighted by Gasteiger charge is 2.06. The summed E-state index contributed by atoms with van der Waals surface area (Å²) in [6, 6.07) is 7.02. The second kappa shape index (κ2) is 4.17. The molecule has 0 aromatic heterocycles. The first kappa shape index (κ1) is 10.6. The smallest absolute Gasteiger partial charge is 0.204 e. The fraction of sp³-hybridized carbons (Fsp3) is 0. The van der Waals surface area contributed by atoms with Crippen LogP contribution in [0.15, 0.2) is 24.3 Å². The molecule has 0 aliphatic heterocycles. The van der Waals surface area contributed by atoms with Gasteiger partial charge in [0.05, 0.1) is 0 Å². The predicted molar refractivity (Wildman–Crippen MR) is 61.1 cm³/mol. The summed E-state index contributed by atoms with van der Waals surface area (Å²) in [4.78, 5) is -2.42. The van der Waals surface area contributed by atoms with E-state index in [1.54, 1.807) is 24.3 Å². The molecule has 1 aromatic rings. The zero-order valence-electron chi connectivity index (χ0n) is 5.80. The Morgan fingerprint density at radius 1 is 1.17 bits per heavy atom. The highest BCUT2D eigenvalue weighted by atomic mass is 35.9. The standard InChI is InChI=1S/C6H5Cl3NPS/c7-5-1-3-6(4-2-5)10-11(8,9)12/h1-4H,(H,10,12). The van der Waals surface area contributed by atoms with Crippen LogP contribution >= 0.6 is 39.0 Å². The molecule has 0 unspecified atom stereocenters. The molecule has 0 aliphatic rings. The molecule has 1 rings (SSSR count). The van der Waals surface area contributed by atoms with Crippen molar-refractivity contribution in [3.8, 4) is 0 Å². The van der Waals surface area contributed by atoms with Crippen molar-refractivity contribution in [2.24, 2.45) is 0 Å². The normalized spacial score (nSPS) is 11.2. The van der Waals surface area contributed by atoms with E-state index in [1.165, 1.54) is 0 Å². The third-order valence-corrected chi connectivity index (χ3v) is 2.65.